The predicted octanol–water partition coefficient (Wildman–Crippen LogP) is 2.16. The van der Waals surface area contributed by atoms with Gasteiger partial charge in [-0.05, 0) is 43.5 Å². The summed E-state index contributed by atoms with van der Waals surface area (Å²) in [7, 11) is 0. The van der Waals surface area contributed by atoms with Crippen LogP contribution in [0.5, 0.6) is 0 Å². The molecule has 2 heterocycles. The van der Waals surface area contributed by atoms with Crippen LogP contribution in [0, 0.1) is 0 Å². The molecule has 0 fully saturated rings. The van der Waals surface area contributed by atoms with Gasteiger partial charge in [-0.1, -0.05) is 18.2 Å². The van der Waals surface area contributed by atoms with Crippen molar-refractivity contribution in [3.05, 3.63) is 51.7 Å². The molecule has 1 aromatic carbocycles. The summed E-state index contributed by atoms with van der Waals surface area (Å²) in [5.41, 5.74) is 7.14. The molecule has 0 atom stereocenters. The van der Waals surface area contributed by atoms with Crippen LogP contribution < -0.4 is 15.8 Å². The van der Waals surface area contributed by atoms with Crippen molar-refractivity contribution < 1.29 is 14.4 Å². The van der Waals surface area contributed by atoms with Gasteiger partial charge >= 0.3 is 0 Å². The van der Waals surface area contributed by atoms with Crippen molar-refractivity contribution in [2.24, 2.45) is 0 Å². The molecular formula is C18H19N3O3S. The molecular weight excluding hydrogens is 338 g/mol. The quantitative estimate of drug-likeness (QED) is 0.649. The highest BCUT2D eigenvalue weighted by Crippen LogP contribution is 2.26. The minimum absolute atomic E-state index is 0.0863. The van der Waals surface area contributed by atoms with Gasteiger partial charge in [-0.2, -0.15) is 0 Å². The van der Waals surface area contributed by atoms with E-state index in [2.05, 4.69) is 16.9 Å². The van der Waals surface area contributed by atoms with Gasteiger partial charge in [0, 0.05) is 12.2 Å². The minimum atomic E-state index is -0.426. The van der Waals surface area contributed by atoms with Crippen LogP contribution in [0.4, 0.5) is 5.69 Å². The van der Waals surface area contributed by atoms with Crippen molar-refractivity contribution in [3.63, 3.8) is 0 Å². The molecule has 0 aliphatic carbocycles. The van der Waals surface area contributed by atoms with Gasteiger partial charge in [-0.3, -0.25) is 25.2 Å². The molecule has 3 rings (SSSR count). The van der Waals surface area contributed by atoms with Crippen LogP contribution in [-0.2, 0) is 11.2 Å². The number of benzene rings is 1. The van der Waals surface area contributed by atoms with E-state index in [0.29, 0.717) is 9.75 Å². The number of hydrogen-bond donors (Lipinski definition) is 2. The van der Waals surface area contributed by atoms with Gasteiger partial charge in [0.2, 0.25) is 0 Å². The summed E-state index contributed by atoms with van der Waals surface area (Å²) in [6, 6.07) is 11.2. The minimum Gasteiger partial charge on any atom is -0.362 e. The Balaban J connectivity index is 1.55. The molecule has 2 aromatic rings. The maximum absolute atomic E-state index is 12.2. The van der Waals surface area contributed by atoms with Crippen LogP contribution in [0.1, 0.15) is 38.3 Å². The number of nitrogens with one attached hydrogen (secondary N) is 2. The highest BCUT2D eigenvalue weighted by atomic mass is 32.1. The van der Waals surface area contributed by atoms with E-state index in [1.807, 2.05) is 23.1 Å². The SMILES string of the molecule is CC(=O)c1ccc(C(=O)NNC(=O)CN2CCCc3ccccc32)s1. The zero-order valence-electron chi connectivity index (χ0n) is 13.9. The normalized spacial score (nSPS) is 13.1. The van der Waals surface area contributed by atoms with Gasteiger partial charge in [0.15, 0.2) is 5.78 Å². The van der Waals surface area contributed by atoms with E-state index < -0.39 is 5.91 Å². The number of nitrogens with zero attached hydrogens (tertiary/aromatic N) is 1. The first-order chi connectivity index (χ1) is 12.0. The number of hydrogen-bond acceptors (Lipinski definition) is 5. The summed E-state index contributed by atoms with van der Waals surface area (Å²) >= 11 is 1.10. The Morgan fingerprint density at radius 3 is 2.60 bits per heavy atom. The molecule has 1 aliphatic rings. The molecule has 2 N–H and O–H groups in total. The van der Waals surface area contributed by atoms with Crippen LogP contribution in [0.25, 0.3) is 0 Å². The molecule has 1 aromatic heterocycles. The summed E-state index contributed by atoms with van der Waals surface area (Å²) in [6.07, 6.45) is 2.02. The van der Waals surface area contributed by atoms with E-state index in [-0.39, 0.29) is 18.2 Å². The third-order valence-electron chi connectivity index (χ3n) is 4.03. The Bertz CT molecular complexity index is 815. The molecule has 0 saturated carbocycles. The zero-order valence-corrected chi connectivity index (χ0v) is 14.7. The van der Waals surface area contributed by atoms with Crippen molar-refractivity contribution in [3.8, 4) is 0 Å². The van der Waals surface area contributed by atoms with Crippen molar-refractivity contribution in [1.29, 1.82) is 0 Å². The lowest BCUT2D eigenvalue weighted by Crippen LogP contribution is -2.47. The summed E-state index contributed by atoms with van der Waals surface area (Å²) in [5.74, 6) is -0.796. The van der Waals surface area contributed by atoms with Crippen LogP contribution in [0.15, 0.2) is 36.4 Å². The fraction of sp³-hybridized carbons (Fsp3) is 0.278. The van der Waals surface area contributed by atoms with E-state index in [9.17, 15) is 14.4 Å². The summed E-state index contributed by atoms with van der Waals surface area (Å²) in [5, 5.41) is 0. The topological polar surface area (TPSA) is 78.5 Å². The molecule has 0 spiro atoms. The lowest BCUT2D eigenvalue weighted by atomic mass is 10.0. The van der Waals surface area contributed by atoms with E-state index in [1.165, 1.54) is 12.5 Å². The smallest absolute Gasteiger partial charge is 0.279 e. The van der Waals surface area contributed by atoms with Crippen molar-refractivity contribution in [2.45, 2.75) is 19.8 Å². The average Bonchev–Trinajstić information content (AvgIpc) is 3.10. The van der Waals surface area contributed by atoms with Gasteiger partial charge in [0.05, 0.1) is 16.3 Å². The Morgan fingerprint density at radius 2 is 1.84 bits per heavy atom. The number of amides is 2. The summed E-state index contributed by atoms with van der Waals surface area (Å²) in [6.45, 7) is 2.44. The first-order valence-corrected chi connectivity index (χ1v) is 8.89. The van der Waals surface area contributed by atoms with E-state index in [4.69, 9.17) is 0 Å². The Labute approximate surface area is 149 Å². The fourth-order valence-corrected chi connectivity index (χ4v) is 3.62. The average molecular weight is 357 g/mol. The number of para-hydroxylation sites is 1. The van der Waals surface area contributed by atoms with E-state index in [1.54, 1.807) is 12.1 Å². The third-order valence-corrected chi connectivity index (χ3v) is 5.22. The predicted molar refractivity (Wildman–Crippen MR) is 96.9 cm³/mol. The van der Waals surface area contributed by atoms with Gasteiger partial charge in [-0.15, -0.1) is 11.3 Å². The van der Waals surface area contributed by atoms with E-state index >= 15 is 0 Å². The fourth-order valence-electron chi connectivity index (χ4n) is 2.83. The first kappa shape index (κ1) is 17.2. The number of ketones is 1. The molecule has 6 nitrogen and oxygen atoms in total. The highest BCUT2D eigenvalue weighted by Gasteiger charge is 2.19. The van der Waals surface area contributed by atoms with Crippen molar-refractivity contribution in [1.82, 2.24) is 10.9 Å². The number of carbonyl (C=O) groups excluding carboxylic acids is 3. The number of carbonyl (C=O) groups is 3. The van der Waals surface area contributed by atoms with Gasteiger partial charge in [-0.25, -0.2) is 0 Å². The second-order valence-corrected chi connectivity index (χ2v) is 6.96. The Hall–Kier alpha value is -2.67. The molecule has 0 radical (unpaired) electrons. The molecule has 0 saturated heterocycles. The molecule has 0 unspecified atom stereocenters. The third kappa shape index (κ3) is 4.06. The lowest BCUT2D eigenvalue weighted by molar-refractivity contribution is -0.120. The second-order valence-electron chi connectivity index (χ2n) is 5.88. The molecule has 1 aliphatic heterocycles. The number of thiophene rings is 1. The molecule has 25 heavy (non-hydrogen) atoms. The van der Waals surface area contributed by atoms with Gasteiger partial charge in [0.25, 0.3) is 11.8 Å². The number of Topliss-reactive ketones (excluding diaryl/α,β-unsaturated/α-hetero) is 1. The van der Waals surface area contributed by atoms with Crippen LogP contribution >= 0.6 is 11.3 Å². The van der Waals surface area contributed by atoms with Crippen molar-refractivity contribution >= 4 is 34.6 Å². The number of anilines is 1. The van der Waals surface area contributed by atoms with Crippen LogP contribution in [0.3, 0.4) is 0 Å². The number of fused-ring (bicyclic) bond motifs is 1. The zero-order chi connectivity index (χ0) is 17.8. The molecule has 2 amide bonds. The van der Waals surface area contributed by atoms with E-state index in [0.717, 1.165) is 36.4 Å². The number of aryl methyl sites for hydroxylation is 1. The molecule has 130 valence electrons. The number of hydrazine groups is 1. The Morgan fingerprint density at radius 1 is 1.08 bits per heavy atom. The maximum atomic E-state index is 12.2. The van der Waals surface area contributed by atoms with Gasteiger partial charge < -0.3 is 4.90 Å². The van der Waals surface area contributed by atoms with Crippen LogP contribution in [-0.4, -0.2) is 30.7 Å². The summed E-state index contributed by atoms with van der Waals surface area (Å²) in [4.78, 5) is 38.4. The number of rotatable bonds is 4. The Kier molecular flexibility index (Phi) is 5.14. The van der Waals surface area contributed by atoms with Crippen LogP contribution in [0.2, 0.25) is 0 Å². The lowest BCUT2D eigenvalue weighted by Gasteiger charge is -2.30. The van der Waals surface area contributed by atoms with Gasteiger partial charge in [0.1, 0.15) is 0 Å². The second kappa shape index (κ2) is 7.48. The largest absolute Gasteiger partial charge is 0.362 e. The highest BCUT2D eigenvalue weighted by molar-refractivity contribution is 7.15. The standard InChI is InChI=1S/C18H19N3O3S/c1-12(22)15-8-9-16(25-15)18(24)20-19-17(23)11-21-10-4-6-13-5-2-3-7-14(13)21/h2-3,5,7-9H,4,6,10-11H2,1H3,(H,19,23)(H,20,24). The molecule has 0 bridgehead atoms. The summed E-state index contributed by atoms with van der Waals surface area (Å²) < 4.78 is 0. The molecule has 7 heteroatoms. The van der Waals surface area contributed by atoms with Crippen molar-refractivity contribution in [2.75, 3.05) is 18.0 Å². The monoisotopic (exact) mass is 357 g/mol. The first-order valence-electron chi connectivity index (χ1n) is 8.07. The maximum Gasteiger partial charge on any atom is 0.279 e.